The zero-order valence-corrected chi connectivity index (χ0v) is 24.7. The maximum atomic E-state index is 14.5. The van der Waals surface area contributed by atoms with Crippen molar-refractivity contribution >= 4 is 11.5 Å². The fourth-order valence-corrected chi connectivity index (χ4v) is 8.33. The number of nitrogen functional groups attached to an aromatic ring is 1. The van der Waals surface area contributed by atoms with Gasteiger partial charge in [-0.05, 0) is 62.6 Å². The van der Waals surface area contributed by atoms with Crippen molar-refractivity contribution in [3.05, 3.63) is 40.1 Å². The van der Waals surface area contributed by atoms with Gasteiger partial charge in [-0.15, -0.1) is 0 Å². The highest BCUT2D eigenvalue weighted by molar-refractivity contribution is 5.64. The summed E-state index contributed by atoms with van der Waals surface area (Å²) in [4.78, 5) is 14.5. The first-order chi connectivity index (χ1) is 20.3. The average Bonchev–Trinajstić information content (AvgIpc) is 3.53. The lowest BCUT2D eigenvalue weighted by atomic mass is 9.69. The molecule has 4 aliphatic heterocycles. The van der Waals surface area contributed by atoms with E-state index in [1.807, 2.05) is 6.07 Å². The van der Waals surface area contributed by atoms with Gasteiger partial charge in [-0.2, -0.15) is 15.2 Å². The van der Waals surface area contributed by atoms with Crippen LogP contribution in [-0.2, 0) is 28.1 Å². The first kappa shape index (κ1) is 27.8. The third kappa shape index (κ3) is 4.52. The van der Waals surface area contributed by atoms with Gasteiger partial charge in [0.1, 0.15) is 30.3 Å². The van der Waals surface area contributed by atoms with Gasteiger partial charge in [0.25, 0.3) is 0 Å². The fraction of sp³-hybridized carbons (Fsp3) is 0.656. The number of methoxy groups -OCH3 is 1. The first-order valence-corrected chi connectivity index (χ1v) is 15.5. The number of nitrogens with two attached hydrogens (primary N) is 1. The largest absolute Gasteiger partial charge is 0.461 e. The van der Waals surface area contributed by atoms with Gasteiger partial charge in [0, 0.05) is 56.4 Å². The number of hydrogen-bond acceptors (Lipinski definition) is 9. The van der Waals surface area contributed by atoms with Gasteiger partial charge >= 0.3 is 6.01 Å². The molecule has 9 nitrogen and oxygen atoms in total. The summed E-state index contributed by atoms with van der Waals surface area (Å²) in [7, 11) is 1.76. The lowest BCUT2D eigenvalue weighted by molar-refractivity contribution is -0.0873. The molecular weight excluding hydrogens is 535 g/mol. The predicted molar refractivity (Wildman–Crippen MR) is 156 cm³/mol. The van der Waals surface area contributed by atoms with Gasteiger partial charge in [0.05, 0.1) is 29.5 Å². The number of piperidine rings is 1. The third-order valence-corrected chi connectivity index (χ3v) is 10.6. The van der Waals surface area contributed by atoms with Crippen LogP contribution in [0, 0.1) is 11.3 Å². The lowest BCUT2D eigenvalue weighted by Gasteiger charge is -2.45. The van der Waals surface area contributed by atoms with Crippen molar-refractivity contribution in [1.29, 1.82) is 5.26 Å². The molecule has 1 aromatic carbocycles. The van der Waals surface area contributed by atoms with Crippen molar-refractivity contribution in [3.63, 3.8) is 0 Å². The molecule has 7 rings (SSSR count). The number of nitriles is 1. The second-order valence-corrected chi connectivity index (χ2v) is 13.1. The van der Waals surface area contributed by atoms with Crippen LogP contribution in [0.4, 0.5) is 15.9 Å². The Hall–Kier alpha value is -3.00. The van der Waals surface area contributed by atoms with E-state index < -0.39 is 11.8 Å². The molecule has 10 heteroatoms. The minimum atomic E-state index is -0.819. The van der Waals surface area contributed by atoms with E-state index in [0.717, 1.165) is 86.4 Å². The maximum absolute atomic E-state index is 14.5. The molecule has 42 heavy (non-hydrogen) atoms. The molecule has 2 N–H and O–H groups in total. The minimum absolute atomic E-state index is 0.128. The molecule has 1 spiro atoms. The highest BCUT2D eigenvalue weighted by Gasteiger charge is 2.50. The monoisotopic (exact) mass is 576 g/mol. The lowest BCUT2D eigenvalue weighted by Crippen LogP contribution is -2.45. The number of halogens is 1. The Labute approximate surface area is 247 Å². The standard InChI is InChI=1S/C32H41FN6O3/c1-20-8-10-32(28-23(20)6-7-26(35)24(28)15-34)14-27-25(18-42-32)29(38-11-3-5-22(17-38)40-2)37-30(36-27)41-19-31-9-4-12-39(31)16-21(33)13-31/h6-7,20-22H,3-5,8-14,16-19,35H2,1-2H3/t20-,21+,22?,31?,32-/m0/s1. The molecule has 2 aromatic rings. The molecule has 0 amide bonds. The summed E-state index contributed by atoms with van der Waals surface area (Å²) in [5, 5.41) is 10.2. The van der Waals surface area contributed by atoms with Crippen LogP contribution in [0.25, 0.3) is 0 Å². The Bertz CT molecular complexity index is 1420. The molecule has 2 unspecified atom stereocenters. The van der Waals surface area contributed by atoms with Gasteiger partial charge in [-0.3, -0.25) is 4.90 Å². The van der Waals surface area contributed by atoms with E-state index in [1.165, 1.54) is 0 Å². The highest BCUT2D eigenvalue weighted by atomic mass is 19.1. The van der Waals surface area contributed by atoms with Crippen molar-refractivity contribution < 1.29 is 18.6 Å². The second-order valence-electron chi connectivity index (χ2n) is 13.1. The van der Waals surface area contributed by atoms with Crippen molar-refractivity contribution in [1.82, 2.24) is 14.9 Å². The van der Waals surface area contributed by atoms with E-state index in [4.69, 9.17) is 29.9 Å². The molecule has 5 aliphatic rings. The van der Waals surface area contributed by atoms with Crippen LogP contribution in [0.1, 0.15) is 85.7 Å². The topological polar surface area (TPSA) is 110 Å². The zero-order chi connectivity index (χ0) is 29.1. The van der Waals surface area contributed by atoms with Crippen LogP contribution in [0.3, 0.4) is 0 Å². The Kier molecular flexibility index (Phi) is 7.03. The average molecular weight is 577 g/mol. The van der Waals surface area contributed by atoms with Crippen molar-refractivity contribution in [2.45, 2.75) is 94.2 Å². The molecule has 3 saturated heterocycles. The van der Waals surface area contributed by atoms with E-state index >= 15 is 0 Å². The fourth-order valence-electron chi connectivity index (χ4n) is 8.33. The molecule has 5 heterocycles. The Morgan fingerprint density at radius 3 is 2.90 bits per heavy atom. The van der Waals surface area contributed by atoms with Crippen LogP contribution in [0.2, 0.25) is 0 Å². The zero-order valence-electron chi connectivity index (χ0n) is 24.7. The number of benzene rings is 1. The molecule has 1 aromatic heterocycles. The number of rotatable bonds is 5. The summed E-state index contributed by atoms with van der Waals surface area (Å²) in [5.41, 5.74) is 10.2. The number of anilines is 2. The van der Waals surface area contributed by atoms with Crippen molar-refractivity contribution in [3.8, 4) is 12.1 Å². The number of aromatic nitrogens is 2. The summed E-state index contributed by atoms with van der Waals surface area (Å²) in [6.45, 7) is 5.91. The number of hydrogen-bond donors (Lipinski definition) is 1. The van der Waals surface area contributed by atoms with Crippen LogP contribution in [0.15, 0.2) is 12.1 Å². The third-order valence-electron chi connectivity index (χ3n) is 10.6. The Morgan fingerprint density at radius 1 is 1.19 bits per heavy atom. The van der Waals surface area contributed by atoms with Crippen LogP contribution < -0.4 is 15.4 Å². The molecular formula is C32H41FN6O3. The highest BCUT2D eigenvalue weighted by Crippen LogP contribution is 2.51. The van der Waals surface area contributed by atoms with Gasteiger partial charge in [-0.1, -0.05) is 13.0 Å². The van der Waals surface area contributed by atoms with Crippen molar-refractivity contribution in [2.75, 3.05) is 50.5 Å². The van der Waals surface area contributed by atoms with E-state index in [1.54, 1.807) is 7.11 Å². The number of nitrogens with zero attached hydrogens (tertiary/aromatic N) is 5. The van der Waals surface area contributed by atoms with E-state index in [-0.39, 0.29) is 11.6 Å². The quantitative estimate of drug-likeness (QED) is 0.519. The SMILES string of the molecule is COC1CCCN(c2nc(OCC34CCCN3C[C@H](F)C4)nc3c2CO[C@@]2(CC[C@H](C)c4ccc(N)c(C#N)c42)C3)C1. The van der Waals surface area contributed by atoms with Crippen LogP contribution in [0.5, 0.6) is 6.01 Å². The molecule has 0 bridgehead atoms. The summed E-state index contributed by atoms with van der Waals surface area (Å²) < 4.78 is 33.4. The summed E-state index contributed by atoms with van der Waals surface area (Å²) in [5.74, 6) is 1.14. The number of fused-ring (bicyclic) bond motifs is 4. The van der Waals surface area contributed by atoms with Gasteiger partial charge in [-0.25, -0.2) is 4.39 Å². The molecule has 0 saturated carbocycles. The van der Waals surface area contributed by atoms with E-state index in [2.05, 4.69) is 28.9 Å². The number of ether oxygens (including phenoxy) is 3. The van der Waals surface area contributed by atoms with Crippen molar-refractivity contribution in [2.24, 2.45) is 0 Å². The van der Waals surface area contributed by atoms with Crippen LogP contribution in [-0.4, -0.2) is 72.6 Å². The molecule has 3 fully saturated rings. The van der Waals surface area contributed by atoms with Gasteiger partial charge < -0.3 is 24.8 Å². The predicted octanol–water partition coefficient (Wildman–Crippen LogP) is 4.37. The smallest absolute Gasteiger partial charge is 0.318 e. The molecule has 1 aliphatic carbocycles. The number of alkyl halides is 1. The van der Waals surface area contributed by atoms with Crippen LogP contribution >= 0.6 is 0 Å². The molecule has 0 radical (unpaired) electrons. The molecule has 5 atom stereocenters. The minimum Gasteiger partial charge on any atom is -0.461 e. The second kappa shape index (κ2) is 10.6. The van der Waals surface area contributed by atoms with Gasteiger partial charge in [0.2, 0.25) is 0 Å². The van der Waals surface area contributed by atoms with E-state index in [9.17, 15) is 9.65 Å². The van der Waals surface area contributed by atoms with E-state index in [0.29, 0.717) is 55.8 Å². The maximum Gasteiger partial charge on any atom is 0.318 e. The normalized spacial score (nSPS) is 32.3. The Balaban J connectivity index is 1.28. The Morgan fingerprint density at radius 2 is 2.07 bits per heavy atom. The summed E-state index contributed by atoms with van der Waals surface area (Å²) >= 11 is 0. The summed E-state index contributed by atoms with van der Waals surface area (Å²) in [6.07, 6.45) is 6.04. The van der Waals surface area contributed by atoms with Gasteiger partial charge in [0.15, 0.2) is 0 Å². The summed E-state index contributed by atoms with van der Waals surface area (Å²) in [6, 6.07) is 6.61. The molecule has 224 valence electrons. The first-order valence-electron chi connectivity index (χ1n) is 15.5.